The van der Waals surface area contributed by atoms with E-state index in [1.807, 2.05) is 30.3 Å². The van der Waals surface area contributed by atoms with Crippen molar-refractivity contribution in [1.29, 1.82) is 0 Å². The van der Waals surface area contributed by atoms with E-state index in [1.165, 1.54) is 36.3 Å². The summed E-state index contributed by atoms with van der Waals surface area (Å²) in [7, 11) is 1.29. The molecule has 7 atom stereocenters. The van der Waals surface area contributed by atoms with Crippen molar-refractivity contribution in [2.75, 3.05) is 7.11 Å². The van der Waals surface area contributed by atoms with Gasteiger partial charge in [-0.3, -0.25) is 14.5 Å². The predicted molar refractivity (Wildman–Crippen MR) is 124 cm³/mol. The van der Waals surface area contributed by atoms with Crippen LogP contribution in [0.2, 0.25) is 0 Å². The van der Waals surface area contributed by atoms with Crippen molar-refractivity contribution in [3.05, 3.63) is 77.9 Å². The van der Waals surface area contributed by atoms with Gasteiger partial charge in [-0.1, -0.05) is 42.5 Å². The number of carbonyl (C=O) groups excluding carboxylic acids is 4. The molecule has 1 heterocycles. The third-order valence-corrected chi connectivity index (χ3v) is 8.05. The topological polar surface area (TPSA) is 90.0 Å². The summed E-state index contributed by atoms with van der Waals surface area (Å²) in [6.07, 6.45) is 5.48. The Balaban J connectivity index is 1.29. The minimum atomic E-state index is -1.07. The van der Waals surface area contributed by atoms with Gasteiger partial charge in [0.2, 0.25) is 11.8 Å². The molecule has 2 aromatic rings. The lowest BCUT2D eigenvalue weighted by atomic mass is 9.63. The van der Waals surface area contributed by atoms with Crippen LogP contribution in [0.15, 0.2) is 66.7 Å². The molecule has 0 unspecified atom stereocenters. The molecule has 3 fully saturated rings. The van der Waals surface area contributed by atoms with Gasteiger partial charge in [-0.05, 0) is 59.9 Å². The highest BCUT2D eigenvalue weighted by molar-refractivity contribution is 6.09. The van der Waals surface area contributed by atoms with E-state index < -0.39 is 18.0 Å². The predicted octanol–water partition coefficient (Wildman–Crippen LogP) is 3.04. The molecule has 1 saturated heterocycles. The summed E-state index contributed by atoms with van der Waals surface area (Å²) in [6.45, 7) is 0. The molecule has 2 saturated carbocycles. The van der Waals surface area contributed by atoms with Gasteiger partial charge in [-0.25, -0.2) is 9.59 Å². The first-order valence-corrected chi connectivity index (χ1v) is 12.0. The first-order valence-electron chi connectivity index (χ1n) is 12.0. The second-order valence-electron chi connectivity index (χ2n) is 9.84. The summed E-state index contributed by atoms with van der Waals surface area (Å²) in [5.74, 6) is -1.11. The first-order chi connectivity index (χ1) is 17.0. The summed E-state index contributed by atoms with van der Waals surface area (Å²) in [6, 6.07) is 14.2. The van der Waals surface area contributed by atoms with Crippen LogP contribution in [0, 0.1) is 35.5 Å². The molecule has 0 spiro atoms. The molecule has 1 aliphatic heterocycles. The average Bonchev–Trinajstić information content (AvgIpc) is 3.67. The van der Waals surface area contributed by atoms with Crippen LogP contribution in [-0.2, 0) is 25.5 Å². The van der Waals surface area contributed by atoms with Gasteiger partial charge in [0.1, 0.15) is 11.8 Å². The number of rotatable bonds is 6. The van der Waals surface area contributed by atoms with E-state index in [4.69, 9.17) is 9.47 Å². The van der Waals surface area contributed by atoms with E-state index in [1.54, 1.807) is 0 Å². The minimum absolute atomic E-state index is 0.0794. The maximum atomic E-state index is 13.7. The summed E-state index contributed by atoms with van der Waals surface area (Å²) in [5, 5.41) is 0. The van der Waals surface area contributed by atoms with Crippen LogP contribution < -0.4 is 4.74 Å². The zero-order chi connectivity index (χ0) is 24.3. The van der Waals surface area contributed by atoms with Gasteiger partial charge in [-0.2, -0.15) is 0 Å². The Kier molecular flexibility index (Phi) is 5.09. The molecule has 35 heavy (non-hydrogen) atoms. The lowest BCUT2D eigenvalue weighted by Crippen LogP contribution is -2.48. The maximum absolute atomic E-state index is 13.7. The quantitative estimate of drug-likeness (QED) is 0.278. The molecule has 0 radical (unpaired) electrons. The number of allylic oxidation sites excluding steroid dienone is 2. The lowest BCUT2D eigenvalue weighted by Gasteiger charge is -2.37. The van der Waals surface area contributed by atoms with Gasteiger partial charge < -0.3 is 9.47 Å². The van der Waals surface area contributed by atoms with Crippen LogP contribution in [-0.4, -0.2) is 41.8 Å². The lowest BCUT2D eigenvalue weighted by molar-refractivity contribution is -0.153. The summed E-state index contributed by atoms with van der Waals surface area (Å²) in [4.78, 5) is 53.6. The number of ether oxygens (including phenoxy) is 2. The number of nitrogens with zero attached hydrogens (tertiary/aromatic N) is 1. The Bertz CT molecular complexity index is 1200. The fourth-order valence-corrected chi connectivity index (χ4v) is 6.37. The molecule has 7 heteroatoms. The van der Waals surface area contributed by atoms with Crippen LogP contribution in [0.5, 0.6) is 5.75 Å². The molecule has 7 rings (SSSR count). The Hall–Kier alpha value is -3.74. The van der Waals surface area contributed by atoms with Crippen LogP contribution in [0.3, 0.4) is 0 Å². The number of benzene rings is 2. The number of imide groups is 1. The van der Waals surface area contributed by atoms with Crippen molar-refractivity contribution in [2.24, 2.45) is 35.5 Å². The SMILES string of the molecule is COC(=O)c1ccc(OC(=O)[C@H](Cc2ccccc2)N2C(=O)[C@@H]3[C@H]4C=C[C@@H]([C@@H]5C[C@H]45)[C@@H]3C2=O)cc1. The molecule has 7 nitrogen and oxygen atoms in total. The zero-order valence-corrected chi connectivity index (χ0v) is 19.2. The molecule has 0 N–H and O–H groups in total. The Morgan fingerprint density at radius 1 is 0.914 bits per heavy atom. The van der Waals surface area contributed by atoms with Crippen LogP contribution in [0.4, 0.5) is 0 Å². The number of amides is 2. The van der Waals surface area contributed by atoms with E-state index in [2.05, 4.69) is 12.2 Å². The van der Waals surface area contributed by atoms with E-state index in [-0.39, 0.29) is 47.7 Å². The average molecular weight is 472 g/mol. The molecular weight excluding hydrogens is 446 g/mol. The third-order valence-electron chi connectivity index (χ3n) is 8.05. The molecule has 4 aliphatic carbocycles. The van der Waals surface area contributed by atoms with Crippen LogP contribution in [0.25, 0.3) is 0 Å². The zero-order valence-electron chi connectivity index (χ0n) is 19.2. The molecule has 178 valence electrons. The van der Waals surface area contributed by atoms with E-state index >= 15 is 0 Å². The molecule has 2 aromatic carbocycles. The number of likely N-dealkylation sites (tertiary alicyclic amines) is 1. The summed E-state index contributed by atoms with van der Waals surface area (Å²) in [5.41, 5.74) is 1.15. The first kappa shape index (κ1) is 21.8. The number of hydrogen-bond acceptors (Lipinski definition) is 6. The Morgan fingerprint density at radius 3 is 2.09 bits per heavy atom. The van der Waals surface area contributed by atoms with Gasteiger partial charge in [0.25, 0.3) is 0 Å². The maximum Gasteiger partial charge on any atom is 0.337 e. The number of carbonyl (C=O) groups is 4. The largest absolute Gasteiger partial charge is 0.465 e. The fourth-order valence-electron chi connectivity index (χ4n) is 6.37. The van der Waals surface area contributed by atoms with Gasteiger partial charge in [-0.15, -0.1) is 0 Å². The van der Waals surface area contributed by atoms with Crippen molar-refractivity contribution in [2.45, 2.75) is 18.9 Å². The fraction of sp³-hybridized carbons (Fsp3) is 0.357. The third kappa shape index (κ3) is 3.49. The molecule has 2 amide bonds. The van der Waals surface area contributed by atoms with Gasteiger partial charge in [0.05, 0.1) is 24.5 Å². The Morgan fingerprint density at radius 2 is 1.51 bits per heavy atom. The highest BCUT2D eigenvalue weighted by Gasteiger charge is 2.68. The van der Waals surface area contributed by atoms with Crippen molar-refractivity contribution in [1.82, 2.24) is 4.90 Å². The second-order valence-corrected chi connectivity index (χ2v) is 9.84. The molecule has 0 aromatic heterocycles. The van der Waals surface area contributed by atoms with E-state index in [0.29, 0.717) is 17.4 Å². The highest BCUT2D eigenvalue weighted by Crippen LogP contribution is 2.65. The minimum Gasteiger partial charge on any atom is -0.465 e. The van der Waals surface area contributed by atoms with Crippen LogP contribution in [0.1, 0.15) is 22.3 Å². The summed E-state index contributed by atoms with van der Waals surface area (Å²) < 4.78 is 10.3. The van der Waals surface area contributed by atoms with Crippen molar-refractivity contribution in [3.63, 3.8) is 0 Å². The van der Waals surface area contributed by atoms with E-state index in [9.17, 15) is 19.2 Å². The standard InChI is InChI=1S/C28H25NO6/c1-34-27(32)16-7-9-17(10-8-16)35-28(33)22(13-15-5-3-2-4-6-15)29-25(30)23-18-11-12-19(21-14-20(18)21)24(23)26(29)31/h2-12,18-24H,13-14H2,1H3/t18-,19-,20-,21+,22-,23-,24+/m0/s1. The monoisotopic (exact) mass is 471 g/mol. The van der Waals surface area contributed by atoms with Gasteiger partial charge >= 0.3 is 11.9 Å². The van der Waals surface area contributed by atoms with E-state index in [0.717, 1.165) is 12.0 Å². The van der Waals surface area contributed by atoms with Gasteiger partial charge in [0.15, 0.2) is 0 Å². The van der Waals surface area contributed by atoms with Crippen molar-refractivity contribution < 1.29 is 28.7 Å². The van der Waals surface area contributed by atoms with Crippen molar-refractivity contribution in [3.8, 4) is 5.75 Å². The number of hydrogen-bond donors (Lipinski definition) is 0. The summed E-state index contributed by atoms with van der Waals surface area (Å²) >= 11 is 0. The number of methoxy groups -OCH3 is 1. The van der Waals surface area contributed by atoms with Crippen molar-refractivity contribution >= 4 is 23.8 Å². The highest BCUT2D eigenvalue weighted by atomic mass is 16.5. The molecular formula is C28H25NO6. The van der Waals surface area contributed by atoms with Gasteiger partial charge in [0, 0.05) is 6.42 Å². The molecule has 5 aliphatic rings. The Labute approximate surface area is 202 Å². The second kappa shape index (κ2) is 8.18. The molecule has 2 bridgehead atoms. The number of esters is 2. The van der Waals surface area contributed by atoms with Crippen LogP contribution >= 0.6 is 0 Å². The smallest absolute Gasteiger partial charge is 0.337 e. The normalized spacial score (nSPS) is 30.5.